The van der Waals surface area contributed by atoms with Crippen LogP contribution in [0.25, 0.3) is 0 Å². The second-order valence-corrected chi connectivity index (χ2v) is 8.24. The molecule has 1 saturated heterocycles. The molecule has 0 aliphatic carbocycles. The van der Waals surface area contributed by atoms with E-state index >= 15 is 0 Å². The van der Waals surface area contributed by atoms with Crippen molar-refractivity contribution in [3.8, 4) is 5.75 Å². The standard InChI is InChI=1S/C17H21ClN4O3S/c18-14-1-3-15(4-2-14)25-12-11-21-7-9-22(10-8-21)17-6-5-16(13-20-17)26(19,23)24/h1-6,13H,7-12H2,(H2,19,23,24)/p+2. The molecular weight excluding hydrogens is 376 g/mol. The molecule has 0 spiro atoms. The van der Waals surface area contributed by atoms with E-state index < -0.39 is 10.0 Å². The SMILES string of the molecule is NS(=O)(=O)c1ccc(N2CC[NH+](CCOc3ccc(Cl)cc3)CC2)[nH+]c1. The first-order valence-electron chi connectivity index (χ1n) is 8.43. The van der Waals surface area contributed by atoms with Crippen LogP contribution < -0.4 is 24.7 Å². The summed E-state index contributed by atoms with van der Waals surface area (Å²) >= 11 is 5.86. The van der Waals surface area contributed by atoms with Gasteiger partial charge in [0.1, 0.15) is 56.2 Å². The molecule has 1 fully saturated rings. The zero-order chi connectivity index (χ0) is 18.6. The summed E-state index contributed by atoms with van der Waals surface area (Å²) in [5.41, 5.74) is 0. The van der Waals surface area contributed by atoms with E-state index in [1.807, 2.05) is 24.3 Å². The number of aromatic amines is 1. The molecule has 4 N–H and O–H groups in total. The molecule has 0 atom stereocenters. The highest BCUT2D eigenvalue weighted by atomic mass is 35.5. The van der Waals surface area contributed by atoms with Crippen molar-refractivity contribution in [3.05, 3.63) is 47.6 Å². The minimum absolute atomic E-state index is 0.0878. The average Bonchev–Trinajstić information content (AvgIpc) is 2.63. The Morgan fingerprint density at radius 2 is 1.85 bits per heavy atom. The number of rotatable bonds is 6. The number of ether oxygens (including phenoxy) is 1. The van der Waals surface area contributed by atoms with Crippen LogP contribution in [0.4, 0.5) is 5.82 Å². The number of hydrogen-bond donors (Lipinski definition) is 2. The number of hydrogen-bond acceptors (Lipinski definition) is 4. The van der Waals surface area contributed by atoms with E-state index in [1.54, 1.807) is 6.07 Å². The first-order chi connectivity index (χ1) is 12.4. The van der Waals surface area contributed by atoms with Gasteiger partial charge in [0.15, 0.2) is 0 Å². The van der Waals surface area contributed by atoms with Gasteiger partial charge < -0.3 is 9.64 Å². The lowest BCUT2D eigenvalue weighted by Gasteiger charge is -2.28. The summed E-state index contributed by atoms with van der Waals surface area (Å²) in [5, 5.41) is 5.82. The number of H-pyrrole nitrogens is 1. The molecule has 1 aliphatic heterocycles. The number of nitrogens with two attached hydrogens (primary N) is 1. The van der Waals surface area contributed by atoms with Crippen LogP contribution in [0.3, 0.4) is 0 Å². The fraction of sp³-hybridized carbons (Fsp3) is 0.353. The van der Waals surface area contributed by atoms with Crippen molar-refractivity contribution in [1.82, 2.24) is 0 Å². The third-order valence-corrected chi connectivity index (χ3v) is 5.61. The summed E-state index contributed by atoms with van der Waals surface area (Å²) < 4.78 is 28.4. The van der Waals surface area contributed by atoms with E-state index in [9.17, 15) is 8.42 Å². The van der Waals surface area contributed by atoms with Crippen LogP contribution in [0.5, 0.6) is 5.75 Å². The van der Waals surface area contributed by atoms with Gasteiger partial charge in [0, 0.05) is 11.1 Å². The van der Waals surface area contributed by atoms with Crippen molar-refractivity contribution in [3.63, 3.8) is 0 Å². The Balaban J connectivity index is 1.44. The van der Waals surface area contributed by atoms with Gasteiger partial charge in [0.2, 0.25) is 10.0 Å². The van der Waals surface area contributed by atoms with Crippen molar-refractivity contribution >= 4 is 27.4 Å². The first kappa shape index (κ1) is 18.9. The number of nitrogens with zero attached hydrogens (tertiary/aromatic N) is 1. The highest BCUT2D eigenvalue weighted by molar-refractivity contribution is 7.89. The molecule has 26 heavy (non-hydrogen) atoms. The van der Waals surface area contributed by atoms with Crippen molar-refractivity contribution < 1.29 is 23.0 Å². The Hall–Kier alpha value is -1.87. The molecule has 2 aromatic rings. The molecule has 0 amide bonds. The number of pyridine rings is 1. The molecule has 3 rings (SSSR count). The fourth-order valence-corrected chi connectivity index (χ4v) is 3.54. The lowest BCUT2D eigenvalue weighted by atomic mass is 10.3. The van der Waals surface area contributed by atoms with Crippen LogP contribution in [-0.2, 0) is 10.0 Å². The van der Waals surface area contributed by atoms with E-state index in [4.69, 9.17) is 21.5 Å². The molecule has 0 saturated carbocycles. The Kier molecular flexibility index (Phi) is 5.98. The van der Waals surface area contributed by atoms with Gasteiger partial charge in [0.05, 0.1) is 0 Å². The van der Waals surface area contributed by atoms with E-state index in [1.165, 1.54) is 17.2 Å². The van der Waals surface area contributed by atoms with Crippen LogP contribution in [0.2, 0.25) is 5.02 Å². The molecule has 2 heterocycles. The van der Waals surface area contributed by atoms with Crippen molar-refractivity contribution in [1.29, 1.82) is 0 Å². The molecule has 1 aromatic carbocycles. The molecular formula is C17H23ClN4O3S+2. The summed E-state index contributed by atoms with van der Waals surface area (Å²) in [7, 11) is -3.67. The quantitative estimate of drug-likeness (QED) is 0.691. The molecule has 7 nitrogen and oxygen atoms in total. The maximum atomic E-state index is 11.3. The predicted molar refractivity (Wildman–Crippen MR) is 99.1 cm³/mol. The van der Waals surface area contributed by atoms with E-state index in [0.717, 1.165) is 44.3 Å². The monoisotopic (exact) mass is 398 g/mol. The number of nitrogens with one attached hydrogen (secondary N) is 2. The average molecular weight is 399 g/mol. The third-order valence-electron chi connectivity index (χ3n) is 4.45. The number of aromatic nitrogens is 1. The number of primary sulfonamides is 1. The van der Waals surface area contributed by atoms with Crippen LogP contribution in [0.1, 0.15) is 0 Å². The van der Waals surface area contributed by atoms with Crippen molar-refractivity contribution in [2.24, 2.45) is 5.14 Å². The van der Waals surface area contributed by atoms with Gasteiger partial charge in [-0.1, -0.05) is 11.6 Å². The molecule has 0 bridgehead atoms. The highest BCUT2D eigenvalue weighted by Gasteiger charge is 2.26. The van der Waals surface area contributed by atoms with E-state index in [2.05, 4.69) is 9.88 Å². The van der Waals surface area contributed by atoms with Crippen molar-refractivity contribution in [2.75, 3.05) is 44.2 Å². The number of piperazine rings is 1. The first-order valence-corrected chi connectivity index (χ1v) is 10.4. The van der Waals surface area contributed by atoms with Crippen LogP contribution in [0.15, 0.2) is 47.5 Å². The molecule has 0 radical (unpaired) electrons. The predicted octanol–water partition coefficient (Wildman–Crippen LogP) is -0.415. The lowest BCUT2D eigenvalue weighted by Crippen LogP contribution is -3.15. The number of benzene rings is 1. The van der Waals surface area contributed by atoms with E-state index in [0.29, 0.717) is 11.6 Å². The third kappa shape index (κ3) is 5.07. The van der Waals surface area contributed by atoms with Crippen LogP contribution >= 0.6 is 11.6 Å². The second kappa shape index (κ2) is 8.22. The summed E-state index contributed by atoms with van der Waals surface area (Å²) in [4.78, 5) is 6.79. The van der Waals surface area contributed by atoms with Gasteiger partial charge in [-0.3, -0.25) is 4.90 Å². The molecule has 0 unspecified atom stereocenters. The largest absolute Gasteiger partial charge is 0.488 e. The maximum Gasteiger partial charge on any atom is 0.274 e. The lowest BCUT2D eigenvalue weighted by molar-refractivity contribution is -0.900. The molecule has 1 aliphatic rings. The van der Waals surface area contributed by atoms with E-state index in [-0.39, 0.29) is 4.90 Å². The Labute approximate surface area is 158 Å². The van der Waals surface area contributed by atoms with Gasteiger partial charge in [-0.05, 0) is 30.3 Å². The zero-order valence-corrected chi connectivity index (χ0v) is 15.9. The number of quaternary nitrogens is 1. The Morgan fingerprint density at radius 1 is 1.15 bits per heavy atom. The van der Waals surface area contributed by atoms with Gasteiger partial charge in [-0.25, -0.2) is 18.5 Å². The minimum atomic E-state index is -3.67. The minimum Gasteiger partial charge on any atom is -0.488 e. The topological polar surface area (TPSA) is 91.2 Å². The Morgan fingerprint density at radius 3 is 2.42 bits per heavy atom. The highest BCUT2D eigenvalue weighted by Crippen LogP contribution is 2.15. The van der Waals surface area contributed by atoms with Gasteiger partial charge in [-0.2, -0.15) is 0 Å². The van der Waals surface area contributed by atoms with Crippen molar-refractivity contribution in [2.45, 2.75) is 4.90 Å². The molecule has 140 valence electrons. The fourth-order valence-electron chi connectivity index (χ4n) is 2.93. The molecule has 9 heteroatoms. The summed E-state index contributed by atoms with van der Waals surface area (Å²) in [6, 6.07) is 10.7. The normalized spacial score (nSPS) is 15.8. The van der Waals surface area contributed by atoms with Crippen LogP contribution in [0, 0.1) is 0 Å². The van der Waals surface area contributed by atoms with Gasteiger partial charge in [0.25, 0.3) is 5.82 Å². The van der Waals surface area contributed by atoms with Gasteiger partial charge in [-0.15, -0.1) is 0 Å². The summed E-state index contributed by atoms with van der Waals surface area (Å²) in [6.45, 7) is 5.36. The van der Waals surface area contributed by atoms with Gasteiger partial charge >= 0.3 is 0 Å². The Bertz CT molecular complexity index is 820. The second-order valence-electron chi connectivity index (χ2n) is 6.24. The zero-order valence-electron chi connectivity index (χ0n) is 14.3. The molecule has 1 aromatic heterocycles. The number of halogens is 1. The van der Waals surface area contributed by atoms with Crippen LogP contribution in [-0.4, -0.2) is 47.7 Å². The smallest absolute Gasteiger partial charge is 0.274 e. The summed E-state index contributed by atoms with van der Waals surface area (Å²) in [6.07, 6.45) is 1.43. The maximum absolute atomic E-state index is 11.3. The summed E-state index contributed by atoms with van der Waals surface area (Å²) in [5.74, 6) is 1.73. The number of anilines is 1. The number of sulfonamides is 1.